The van der Waals surface area contributed by atoms with Crippen LogP contribution in [-0.4, -0.2) is 38.0 Å². The van der Waals surface area contributed by atoms with Crippen molar-refractivity contribution in [2.45, 2.75) is 25.7 Å². The molecule has 0 aliphatic carbocycles. The van der Waals surface area contributed by atoms with Gasteiger partial charge >= 0.3 is 0 Å². The number of aryl methyl sites for hydroxylation is 1. The zero-order valence-electron chi connectivity index (χ0n) is 14.7. The van der Waals surface area contributed by atoms with Crippen LogP contribution >= 0.6 is 0 Å². The number of pyridine rings is 1. The summed E-state index contributed by atoms with van der Waals surface area (Å²) in [6.07, 6.45) is 9.21. The highest BCUT2D eigenvalue weighted by Gasteiger charge is 2.23. The zero-order valence-corrected chi connectivity index (χ0v) is 14.7. The van der Waals surface area contributed by atoms with Crippen molar-refractivity contribution in [3.8, 4) is 0 Å². The molecule has 1 fully saturated rings. The summed E-state index contributed by atoms with van der Waals surface area (Å²) in [5.74, 6) is 2.61. The third-order valence-electron chi connectivity index (χ3n) is 4.66. The van der Waals surface area contributed by atoms with Crippen molar-refractivity contribution in [3.05, 3.63) is 60.3 Å². The van der Waals surface area contributed by atoms with E-state index in [0.29, 0.717) is 11.9 Å². The molecular formula is C19H21N7. The number of aromatic nitrogens is 5. The van der Waals surface area contributed by atoms with E-state index >= 15 is 0 Å². The molecule has 132 valence electrons. The molecule has 0 aromatic carbocycles. The minimum Gasteiger partial charge on any atom is -0.341 e. The van der Waals surface area contributed by atoms with Gasteiger partial charge in [-0.2, -0.15) is 0 Å². The number of nitrogens with zero attached hydrogens (tertiary/aromatic N) is 6. The van der Waals surface area contributed by atoms with Gasteiger partial charge < -0.3 is 10.2 Å². The van der Waals surface area contributed by atoms with Crippen LogP contribution in [0.25, 0.3) is 0 Å². The molecule has 26 heavy (non-hydrogen) atoms. The van der Waals surface area contributed by atoms with Crippen LogP contribution < -0.4 is 10.2 Å². The molecule has 3 aromatic rings. The molecule has 1 saturated heterocycles. The largest absolute Gasteiger partial charge is 0.341 e. The second kappa shape index (κ2) is 7.43. The lowest BCUT2D eigenvalue weighted by Crippen LogP contribution is -2.34. The number of nitrogens with one attached hydrogen (secondary N) is 1. The Hall–Kier alpha value is -3.09. The molecule has 1 aliphatic heterocycles. The molecule has 4 rings (SSSR count). The standard InChI is InChI=1S/C19H21N7/c1-14-4-2-8-20-17(14)25-18-21-11-5-16(24-18)15-6-12-26(13-7-15)19-22-9-3-10-23-19/h2-5,8-11,15H,6-7,12-13H2,1H3,(H,20,21,24,25). The number of hydrogen-bond acceptors (Lipinski definition) is 7. The number of rotatable bonds is 4. The Bertz CT molecular complexity index is 861. The summed E-state index contributed by atoms with van der Waals surface area (Å²) in [6, 6.07) is 7.79. The van der Waals surface area contributed by atoms with Gasteiger partial charge in [0, 0.05) is 49.5 Å². The summed E-state index contributed by atoms with van der Waals surface area (Å²) < 4.78 is 0. The van der Waals surface area contributed by atoms with E-state index in [1.165, 1.54) is 0 Å². The predicted molar refractivity (Wildman–Crippen MR) is 101 cm³/mol. The van der Waals surface area contributed by atoms with E-state index in [9.17, 15) is 0 Å². The van der Waals surface area contributed by atoms with E-state index in [4.69, 9.17) is 4.98 Å². The highest BCUT2D eigenvalue weighted by atomic mass is 15.2. The molecule has 0 spiro atoms. The highest BCUT2D eigenvalue weighted by molar-refractivity contribution is 5.52. The fourth-order valence-electron chi connectivity index (χ4n) is 3.21. The van der Waals surface area contributed by atoms with Gasteiger partial charge in [0.1, 0.15) is 5.82 Å². The smallest absolute Gasteiger partial charge is 0.228 e. The van der Waals surface area contributed by atoms with Gasteiger partial charge in [-0.15, -0.1) is 0 Å². The van der Waals surface area contributed by atoms with E-state index in [0.717, 1.165) is 49.0 Å². The first-order valence-electron chi connectivity index (χ1n) is 8.83. The van der Waals surface area contributed by atoms with Gasteiger partial charge in [-0.25, -0.2) is 24.9 Å². The van der Waals surface area contributed by atoms with Crippen LogP contribution in [0.2, 0.25) is 0 Å². The Balaban J connectivity index is 1.44. The minimum absolute atomic E-state index is 0.420. The third kappa shape index (κ3) is 3.61. The Labute approximate surface area is 152 Å². The Morgan fingerprint density at radius 3 is 2.46 bits per heavy atom. The van der Waals surface area contributed by atoms with Crippen LogP contribution in [0, 0.1) is 6.92 Å². The molecule has 0 atom stereocenters. The third-order valence-corrected chi connectivity index (χ3v) is 4.66. The van der Waals surface area contributed by atoms with Crippen LogP contribution in [0.4, 0.5) is 17.7 Å². The zero-order chi connectivity index (χ0) is 17.8. The molecule has 7 heteroatoms. The first-order chi connectivity index (χ1) is 12.8. The molecule has 1 aliphatic rings. The average molecular weight is 347 g/mol. The molecular weight excluding hydrogens is 326 g/mol. The van der Waals surface area contributed by atoms with Gasteiger partial charge in [-0.05, 0) is 43.5 Å². The fourth-order valence-corrected chi connectivity index (χ4v) is 3.21. The van der Waals surface area contributed by atoms with Gasteiger partial charge in [-0.1, -0.05) is 6.07 Å². The second-order valence-electron chi connectivity index (χ2n) is 6.41. The van der Waals surface area contributed by atoms with E-state index < -0.39 is 0 Å². The lowest BCUT2D eigenvalue weighted by atomic mass is 9.93. The molecule has 0 bridgehead atoms. The van der Waals surface area contributed by atoms with Crippen LogP contribution in [0.1, 0.15) is 30.0 Å². The van der Waals surface area contributed by atoms with Crippen molar-refractivity contribution in [2.75, 3.05) is 23.3 Å². The Morgan fingerprint density at radius 2 is 1.69 bits per heavy atom. The molecule has 0 radical (unpaired) electrons. The van der Waals surface area contributed by atoms with Crippen LogP contribution in [0.5, 0.6) is 0 Å². The van der Waals surface area contributed by atoms with E-state index in [1.807, 2.05) is 37.4 Å². The summed E-state index contributed by atoms with van der Waals surface area (Å²) in [5.41, 5.74) is 2.14. The lowest BCUT2D eigenvalue weighted by Gasteiger charge is -2.31. The van der Waals surface area contributed by atoms with Crippen molar-refractivity contribution in [1.82, 2.24) is 24.9 Å². The van der Waals surface area contributed by atoms with Crippen molar-refractivity contribution >= 4 is 17.7 Å². The monoisotopic (exact) mass is 347 g/mol. The molecule has 3 aromatic heterocycles. The molecule has 0 amide bonds. The predicted octanol–water partition coefficient (Wildman–Crippen LogP) is 3.10. The first-order valence-corrected chi connectivity index (χ1v) is 8.83. The van der Waals surface area contributed by atoms with E-state index in [-0.39, 0.29) is 0 Å². The molecule has 0 saturated carbocycles. The molecule has 1 N–H and O–H groups in total. The molecule has 7 nitrogen and oxygen atoms in total. The van der Waals surface area contributed by atoms with Crippen molar-refractivity contribution in [2.24, 2.45) is 0 Å². The lowest BCUT2D eigenvalue weighted by molar-refractivity contribution is 0.490. The van der Waals surface area contributed by atoms with Gasteiger partial charge in [0.05, 0.1) is 0 Å². The summed E-state index contributed by atoms with van der Waals surface area (Å²) in [5, 5.41) is 3.22. The average Bonchev–Trinajstić information content (AvgIpc) is 2.71. The van der Waals surface area contributed by atoms with Crippen molar-refractivity contribution in [1.29, 1.82) is 0 Å². The normalized spacial score (nSPS) is 15.0. The molecule has 0 unspecified atom stereocenters. The van der Waals surface area contributed by atoms with Crippen LogP contribution in [0.3, 0.4) is 0 Å². The topological polar surface area (TPSA) is 79.7 Å². The quantitative estimate of drug-likeness (QED) is 0.777. The Kier molecular flexibility index (Phi) is 4.68. The highest BCUT2D eigenvalue weighted by Crippen LogP contribution is 2.28. The summed E-state index contributed by atoms with van der Waals surface area (Å²) >= 11 is 0. The van der Waals surface area contributed by atoms with Crippen LogP contribution in [-0.2, 0) is 0 Å². The van der Waals surface area contributed by atoms with E-state index in [2.05, 4.69) is 30.2 Å². The number of hydrogen-bond donors (Lipinski definition) is 1. The van der Waals surface area contributed by atoms with E-state index in [1.54, 1.807) is 18.6 Å². The number of anilines is 3. The van der Waals surface area contributed by atoms with Gasteiger partial charge in [-0.3, -0.25) is 0 Å². The van der Waals surface area contributed by atoms with Crippen LogP contribution in [0.15, 0.2) is 49.1 Å². The van der Waals surface area contributed by atoms with Crippen molar-refractivity contribution in [3.63, 3.8) is 0 Å². The maximum atomic E-state index is 4.72. The fraction of sp³-hybridized carbons (Fsp3) is 0.316. The Morgan fingerprint density at radius 1 is 0.923 bits per heavy atom. The maximum Gasteiger partial charge on any atom is 0.228 e. The van der Waals surface area contributed by atoms with Crippen molar-refractivity contribution < 1.29 is 0 Å². The first kappa shape index (κ1) is 16.4. The summed E-state index contributed by atoms with van der Waals surface area (Å²) in [7, 11) is 0. The maximum absolute atomic E-state index is 4.72. The van der Waals surface area contributed by atoms with Gasteiger partial charge in [0.2, 0.25) is 11.9 Å². The van der Waals surface area contributed by atoms with Gasteiger partial charge in [0.15, 0.2) is 0 Å². The second-order valence-corrected chi connectivity index (χ2v) is 6.41. The number of piperidine rings is 1. The molecule has 4 heterocycles. The van der Waals surface area contributed by atoms with Gasteiger partial charge in [0.25, 0.3) is 0 Å². The summed E-state index contributed by atoms with van der Waals surface area (Å²) in [4.78, 5) is 24.3. The SMILES string of the molecule is Cc1cccnc1Nc1nccc(C2CCN(c3ncccn3)CC2)n1. The minimum atomic E-state index is 0.420. The summed E-state index contributed by atoms with van der Waals surface area (Å²) in [6.45, 7) is 3.88.